The lowest BCUT2D eigenvalue weighted by molar-refractivity contribution is -0.121. The summed E-state index contributed by atoms with van der Waals surface area (Å²) in [5, 5.41) is 3.62. The lowest BCUT2D eigenvalue weighted by Crippen LogP contribution is -2.36. The van der Waals surface area contributed by atoms with E-state index in [0.717, 1.165) is 36.9 Å². The Hall–Kier alpha value is -1.02. The molecule has 1 spiro atoms. The quantitative estimate of drug-likeness (QED) is 0.733. The van der Waals surface area contributed by atoms with Crippen molar-refractivity contribution in [2.24, 2.45) is 0 Å². The SMILES string of the molecule is O=C1Nc2c(Cl)cccc2C12CCCCC2. The molecule has 1 aliphatic carbocycles. The van der Waals surface area contributed by atoms with Crippen LogP contribution in [0.15, 0.2) is 18.2 Å². The molecule has 0 atom stereocenters. The highest BCUT2D eigenvalue weighted by atomic mass is 35.5. The largest absolute Gasteiger partial charge is 0.324 e. The van der Waals surface area contributed by atoms with Crippen molar-refractivity contribution < 1.29 is 4.79 Å². The van der Waals surface area contributed by atoms with E-state index in [4.69, 9.17) is 11.6 Å². The number of para-hydroxylation sites is 1. The maximum atomic E-state index is 12.2. The second kappa shape index (κ2) is 3.49. The molecule has 1 aromatic carbocycles. The van der Waals surface area contributed by atoms with Crippen molar-refractivity contribution in [3.05, 3.63) is 28.8 Å². The van der Waals surface area contributed by atoms with Gasteiger partial charge in [-0.3, -0.25) is 4.79 Å². The molecule has 0 aromatic heterocycles. The predicted molar refractivity (Wildman–Crippen MR) is 64.8 cm³/mol. The molecule has 3 heteroatoms. The van der Waals surface area contributed by atoms with Crippen molar-refractivity contribution >= 4 is 23.2 Å². The molecule has 0 saturated heterocycles. The summed E-state index contributed by atoms with van der Waals surface area (Å²) in [4.78, 5) is 12.2. The molecule has 16 heavy (non-hydrogen) atoms. The van der Waals surface area contributed by atoms with Crippen molar-refractivity contribution in [3.63, 3.8) is 0 Å². The van der Waals surface area contributed by atoms with Gasteiger partial charge in [0.25, 0.3) is 0 Å². The Morgan fingerprint density at radius 3 is 2.69 bits per heavy atom. The first-order valence-corrected chi connectivity index (χ1v) is 6.22. The smallest absolute Gasteiger partial charge is 0.235 e. The van der Waals surface area contributed by atoms with Crippen LogP contribution in [0.5, 0.6) is 0 Å². The van der Waals surface area contributed by atoms with Gasteiger partial charge in [-0.25, -0.2) is 0 Å². The van der Waals surface area contributed by atoms with Crippen LogP contribution in [0.3, 0.4) is 0 Å². The predicted octanol–water partition coefficient (Wildman–Crippen LogP) is 3.49. The summed E-state index contributed by atoms with van der Waals surface area (Å²) in [6, 6.07) is 5.82. The van der Waals surface area contributed by atoms with Crippen molar-refractivity contribution in [1.29, 1.82) is 0 Å². The Bertz CT molecular complexity index is 449. The molecule has 1 aromatic rings. The van der Waals surface area contributed by atoms with Gasteiger partial charge in [-0.2, -0.15) is 0 Å². The second-order valence-corrected chi connectivity index (χ2v) is 5.17. The summed E-state index contributed by atoms with van der Waals surface area (Å²) in [6.45, 7) is 0. The van der Waals surface area contributed by atoms with Gasteiger partial charge in [0.2, 0.25) is 5.91 Å². The van der Waals surface area contributed by atoms with Gasteiger partial charge in [0.05, 0.1) is 16.1 Å². The van der Waals surface area contributed by atoms with Crippen LogP contribution in [-0.2, 0) is 10.2 Å². The first-order valence-electron chi connectivity index (χ1n) is 5.84. The first kappa shape index (κ1) is 10.2. The molecule has 1 heterocycles. The highest BCUT2D eigenvalue weighted by Gasteiger charge is 2.47. The van der Waals surface area contributed by atoms with E-state index in [-0.39, 0.29) is 11.3 Å². The summed E-state index contributed by atoms with van der Waals surface area (Å²) in [6.07, 6.45) is 5.45. The average molecular weight is 236 g/mol. The Balaban J connectivity index is 2.15. The number of benzene rings is 1. The van der Waals surface area contributed by atoms with Crippen LogP contribution in [-0.4, -0.2) is 5.91 Å². The number of hydrogen-bond acceptors (Lipinski definition) is 1. The van der Waals surface area contributed by atoms with E-state index >= 15 is 0 Å². The average Bonchev–Trinajstić information content (AvgIpc) is 2.57. The van der Waals surface area contributed by atoms with Gasteiger partial charge < -0.3 is 5.32 Å². The molecule has 1 N–H and O–H groups in total. The summed E-state index contributed by atoms with van der Waals surface area (Å²) >= 11 is 6.12. The van der Waals surface area contributed by atoms with Crippen LogP contribution in [0.4, 0.5) is 5.69 Å². The zero-order chi connectivity index (χ0) is 11.2. The fraction of sp³-hybridized carbons (Fsp3) is 0.462. The van der Waals surface area contributed by atoms with E-state index in [9.17, 15) is 4.79 Å². The first-order chi connectivity index (χ1) is 7.74. The van der Waals surface area contributed by atoms with E-state index in [1.807, 2.05) is 18.2 Å². The van der Waals surface area contributed by atoms with Gasteiger partial charge in [0, 0.05) is 0 Å². The molecule has 0 unspecified atom stereocenters. The molecule has 0 bridgehead atoms. The van der Waals surface area contributed by atoms with Crippen LogP contribution in [0.25, 0.3) is 0 Å². The standard InChI is InChI=1S/C13H14ClNO/c14-10-6-4-5-9-11(10)15-12(16)13(9)7-2-1-3-8-13/h4-6H,1-3,7-8H2,(H,15,16). The number of carbonyl (C=O) groups excluding carboxylic acids is 1. The highest BCUT2D eigenvalue weighted by molar-refractivity contribution is 6.34. The Labute approximate surface area is 100.0 Å². The van der Waals surface area contributed by atoms with Crippen molar-refractivity contribution in [1.82, 2.24) is 0 Å². The van der Waals surface area contributed by atoms with Gasteiger partial charge in [-0.05, 0) is 24.5 Å². The van der Waals surface area contributed by atoms with Gasteiger partial charge in [0.15, 0.2) is 0 Å². The zero-order valence-corrected chi connectivity index (χ0v) is 9.81. The zero-order valence-electron chi connectivity index (χ0n) is 9.05. The lowest BCUT2D eigenvalue weighted by atomic mass is 9.70. The summed E-state index contributed by atoms with van der Waals surface area (Å²) < 4.78 is 0. The minimum Gasteiger partial charge on any atom is -0.324 e. The molecule has 2 nitrogen and oxygen atoms in total. The highest BCUT2D eigenvalue weighted by Crippen LogP contribution is 2.49. The Morgan fingerprint density at radius 2 is 1.94 bits per heavy atom. The van der Waals surface area contributed by atoms with Crippen LogP contribution < -0.4 is 5.32 Å². The normalized spacial score (nSPS) is 21.9. The summed E-state index contributed by atoms with van der Waals surface area (Å²) in [5.41, 5.74) is 1.68. The molecule has 2 aliphatic rings. The number of fused-ring (bicyclic) bond motifs is 2. The van der Waals surface area contributed by atoms with Crippen LogP contribution in [0.2, 0.25) is 5.02 Å². The molecule has 1 fully saturated rings. The van der Waals surface area contributed by atoms with E-state index in [2.05, 4.69) is 5.32 Å². The number of carbonyl (C=O) groups is 1. The molecule has 1 amide bonds. The molecular weight excluding hydrogens is 222 g/mol. The molecule has 0 radical (unpaired) electrons. The third kappa shape index (κ3) is 1.23. The second-order valence-electron chi connectivity index (χ2n) is 4.76. The lowest BCUT2D eigenvalue weighted by Gasteiger charge is -2.31. The van der Waals surface area contributed by atoms with E-state index in [1.165, 1.54) is 6.42 Å². The van der Waals surface area contributed by atoms with Gasteiger partial charge in [-0.1, -0.05) is 43.0 Å². The van der Waals surface area contributed by atoms with Crippen LogP contribution in [0, 0.1) is 0 Å². The number of amides is 1. The van der Waals surface area contributed by atoms with Crippen molar-refractivity contribution in [2.45, 2.75) is 37.5 Å². The fourth-order valence-electron chi connectivity index (χ4n) is 3.06. The molecule has 84 valence electrons. The van der Waals surface area contributed by atoms with Gasteiger partial charge in [-0.15, -0.1) is 0 Å². The number of nitrogens with one attached hydrogen (secondary N) is 1. The third-order valence-electron chi connectivity index (χ3n) is 3.91. The fourth-order valence-corrected chi connectivity index (χ4v) is 3.28. The number of halogens is 1. The molecule has 1 aliphatic heterocycles. The number of anilines is 1. The number of hydrogen-bond donors (Lipinski definition) is 1. The van der Waals surface area contributed by atoms with E-state index < -0.39 is 0 Å². The summed E-state index contributed by atoms with van der Waals surface area (Å²) in [7, 11) is 0. The van der Waals surface area contributed by atoms with Crippen LogP contribution >= 0.6 is 11.6 Å². The monoisotopic (exact) mass is 235 g/mol. The van der Waals surface area contributed by atoms with E-state index in [0.29, 0.717) is 5.02 Å². The van der Waals surface area contributed by atoms with Crippen LogP contribution in [0.1, 0.15) is 37.7 Å². The molecular formula is C13H14ClNO. The van der Waals surface area contributed by atoms with Crippen molar-refractivity contribution in [3.8, 4) is 0 Å². The topological polar surface area (TPSA) is 29.1 Å². The maximum Gasteiger partial charge on any atom is 0.235 e. The molecule has 1 saturated carbocycles. The summed E-state index contributed by atoms with van der Waals surface area (Å²) in [5.74, 6) is 0.148. The molecule has 3 rings (SSSR count). The van der Waals surface area contributed by atoms with Gasteiger partial charge >= 0.3 is 0 Å². The van der Waals surface area contributed by atoms with Crippen molar-refractivity contribution in [2.75, 3.05) is 5.32 Å². The van der Waals surface area contributed by atoms with Gasteiger partial charge in [0.1, 0.15) is 0 Å². The third-order valence-corrected chi connectivity index (χ3v) is 4.22. The van der Waals surface area contributed by atoms with E-state index in [1.54, 1.807) is 0 Å². The minimum absolute atomic E-state index is 0.148. The maximum absolute atomic E-state index is 12.2. The Kier molecular flexibility index (Phi) is 2.21. The Morgan fingerprint density at radius 1 is 1.19 bits per heavy atom. The minimum atomic E-state index is -0.279. The number of rotatable bonds is 0.